The van der Waals surface area contributed by atoms with Gasteiger partial charge >= 0.3 is 5.97 Å². The molecule has 0 unspecified atom stereocenters. The summed E-state index contributed by atoms with van der Waals surface area (Å²) < 4.78 is 41.2. The number of allylic oxidation sites excluding steroid dienone is 1. The van der Waals surface area contributed by atoms with Crippen LogP contribution in [0.15, 0.2) is 11.6 Å². The first-order valence-electron chi connectivity index (χ1n) is 10.9. The molecule has 0 amide bonds. The largest absolute Gasteiger partial charge is 0.458 e. The van der Waals surface area contributed by atoms with Gasteiger partial charge in [0.25, 0.3) is 10.1 Å². The first-order chi connectivity index (χ1) is 13.5. The second-order valence-electron chi connectivity index (χ2n) is 10.6. The quantitative estimate of drug-likeness (QED) is 0.513. The van der Waals surface area contributed by atoms with E-state index in [4.69, 9.17) is 4.74 Å². The van der Waals surface area contributed by atoms with Crippen LogP contribution in [0.2, 0.25) is 0 Å². The van der Waals surface area contributed by atoms with Crippen LogP contribution in [0.1, 0.15) is 71.6 Å². The molecule has 5 rings (SSSR count). The number of hydrogen-bond acceptors (Lipinski definition) is 5. The van der Waals surface area contributed by atoms with Gasteiger partial charge in [0, 0.05) is 18.3 Å². The van der Waals surface area contributed by atoms with E-state index in [1.165, 1.54) is 0 Å². The number of ether oxygens (including phenoxy) is 1. The second kappa shape index (κ2) is 5.94. The predicted octanol–water partition coefficient (Wildman–Crippen LogP) is 3.46. The van der Waals surface area contributed by atoms with E-state index in [1.807, 2.05) is 0 Å². The van der Waals surface area contributed by atoms with E-state index >= 15 is 0 Å². The Morgan fingerprint density at radius 1 is 1.03 bits per heavy atom. The molecular weight excluding hydrogens is 392 g/mol. The van der Waals surface area contributed by atoms with Crippen LogP contribution in [0, 0.1) is 28.6 Å². The maximum atomic E-state index is 12.5. The summed E-state index contributed by atoms with van der Waals surface area (Å²) in [5, 5.41) is -0.880. The molecule has 4 aliphatic carbocycles. The Morgan fingerprint density at radius 3 is 2.41 bits per heavy atom. The lowest BCUT2D eigenvalue weighted by molar-refractivity contribution is -0.167. The molecule has 4 fully saturated rings. The Bertz CT molecular complexity index is 922. The topological polar surface area (TPSA) is 97.7 Å². The number of fused-ring (bicyclic) bond motifs is 6. The second-order valence-corrected chi connectivity index (χ2v) is 12.2. The van der Waals surface area contributed by atoms with Crippen molar-refractivity contribution in [1.29, 1.82) is 0 Å². The minimum atomic E-state index is -4.26. The van der Waals surface area contributed by atoms with Crippen LogP contribution in [0.4, 0.5) is 0 Å². The molecule has 0 aromatic carbocycles. The summed E-state index contributed by atoms with van der Waals surface area (Å²) in [5.74, 6) is -0.0454. The van der Waals surface area contributed by atoms with Gasteiger partial charge in [0.1, 0.15) is 5.60 Å². The van der Waals surface area contributed by atoms with Gasteiger partial charge in [-0.1, -0.05) is 19.4 Å². The van der Waals surface area contributed by atoms with Crippen molar-refractivity contribution in [3.8, 4) is 0 Å². The summed E-state index contributed by atoms with van der Waals surface area (Å²) in [5.41, 5.74) is -0.0290. The fourth-order valence-electron chi connectivity index (χ4n) is 8.10. The molecule has 1 heterocycles. The van der Waals surface area contributed by atoms with E-state index in [0.717, 1.165) is 37.7 Å². The Balaban J connectivity index is 1.61. The minimum absolute atomic E-state index is 0.0587. The number of hydrogen-bond donors (Lipinski definition) is 1. The Morgan fingerprint density at radius 2 is 1.76 bits per heavy atom. The average molecular weight is 423 g/mol. The van der Waals surface area contributed by atoms with Gasteiger partial charge in [-0.25, -0.2) is 0 Å². The third-order valence-electron chi connectivity index (χ3n) is 9.68. The van der Waals surface area contributed by atoms with Gasteiger partial charge in [-0.3, -0.25) is 14.1 Å². The van der Waals surface area contributed by atoms with Crippen LogP contribution in [0.3, 0.4) is 0 Å². The van der Waals surface area contributed by atoms with Crippen molar-refractivity contribution >= 4 is 21.9 Å². The summed E-state index contributed by atoms with van der Waals surface area (Å²) in [4.78, 5) is 24.1. The van der Waals surface area contributed by atoms with Gasteiger partial charge in [-0.2, -0.15) is 8.42 Å². The molecule has 0 bridgehead atoms. The van der Waals surface area contributed by atoms with Crippen LogP contribution >= 0.6 is 0 Å². The lowest BCUT2D eigenvalue weighted by Crippen LogP contribution is -2.59. The van der Waals surface area contributed by atoms with Crippen molar-refractivity contribution in [3.05, 3.63) is 11.6 Å². The van der Waals surface area contributed by atoms with E-state index in [9.17, 15) is 22.6 Å². The highest BCUT2D eigenvalue weighted by atomic mass is 32.2. The first kappa shape index (κ1) is 19.7. The monoisotopic (exact) mass is 422 g/mol. The zero-order valence-corrected chi connectivity index (χ0v) is 18.0. The molecule has 0 aromatic rings. The SMILES string of the molecule is C[C@@]12CCC(=O)C=C1C[C@@H](S(=O)(=O)O)[C@@H]1[C@@H]2CC[C@]2(C)[C@H]1CC[C@@]21CCC(=O)O1. The van der Waals surface area contributed by atoms with E-state index in [0.29, 0.717) is 19.3 Å². The molecule has 7 atom stereocenters. The van der Waals surface area contributed by atoms with Crippen LogP contribution < -0.4 is 0 Å². The molecule has 0 radical (unpaired) electrons. The summed E-state index contributed by atoms with van der Waals surface area (Å²) >= 11 is 0. The summed E-state index contributed by atoms with van der Waals surface area (Å²) in [6.07, 6.45) is 7.62. The van der Waals surface area contributed by atoms with E-state index < -0.39 is 21.0 Å². The normalized spacial score (nSPS) is 49.3. The van der Waals surface area contributed by atoms with Gasteiger partial charge in [-0.15, -0.1) is 0 Å². The summed E-state index contributed by atoms with van der Waals surface area (Å²) in [6.45, 7) is 4.37. The fraction of sp³-hybridized carbons (Fsp3) is 0.818. The lowest BCUT2D eigenvalue weighted by Gasteiger charge is -2.60. The Hall–Kier alpha value is -1.21. The number of carbonyl (C=O) groups is 2. The third-order valence-corrected chi connectivity index (χ3v) is 10.9. The lowest BCUT2D eigenvalue weighted by atomic mass is 9.46. The van der Waals surface area contributed by atoms with E-state index in [2.05, 4.69) is 13.8 Å². The highest BCUT2D eigenvalue weighted by Gasteiger charge is 2.69. The number of carbonyl (C=O) groups excluding carboxylic acids is 2. The molecule has 0 aromatic heterocycles. The van der Waals surface area contributed by atoms with Crippen LogP contribution in [-0.2, 0) is 24.4 Å². The molecule has 1 spiro atoms. The van der Waals surface area contributed by atoms with Crippen molar-refractivity contribution in [2.45, 2.75) is 82.5 Å². The van der Waals surface area contributed by atoms with E-state index in [1.54, 1.807) is 6.08 Å². The zero-order valence-electron chi connectivity index (χ0n) is 17.1. The average Bonchev–Trinajstić information content (AvgIpc) is 3.15. The predicted molar refractivity (Wildman–Crippen MR) is 105 cm³/mol. The molecule has 29 heavy (non-hydrogen) atoms. The number of esters is 1. The van der Waals surface area contributed by atoms with Crippen molar-refractivity contribution in [2.24, 2.45) is 28.6 Å². The molecule has 1 aliphatic heterocycles. The maximum absolute atomic E-state index is 12.5. The Labute approximate surface area is 172 Å². The molecule has 3 saturated carbocycles. The van der Waals surface area contributed by atoms with Crippen molar-refractivity contribution in [1.82, 2.24) is 0 Å². The smallest absolute Gasteiger partial charge is 0.306 e. The highest BCUT2D eigenvalue weighted by Crippen LogP contribution is 2.70. The van der Waals surface area contributed by atoms with Crippen molar-refractivity contribution in [2.75, 3.05) is 0 Å². The zero-order chi connectivity index (χ0) is 20.8. The third kappa shape index (κ3) is 2.52. The molecule has 6 nitrogen and oxygen atoms in total. The molecule has 7 heteroatoms. The first-order valence-corrected chi connectivity index (χ1v) is 12.4. The Kier molecular flexibility index (Phi) is 4.04. The van der Waals surface area contributed by atoms with Gasteiger partial charge in [0.15, 0.2) is 5.78 Å². The molecule has 5 aliphatic rings. The molecule has 160 valence electrons. The summed E-state index contributed by atoms with van der Waals surface area (Å²) in [6, 6.07) is 0. The van der Waals surface area contributed by atoms with Gasteiger partial charge in [-0.05, 0) is 74.2 Å². The van der Waals surface area contributed by atoms with Gasteiger partial charge in [0.05, 0.1) is 5.25 Å². The van der Waals surface area contributed by atoms with Gasteiger partial charge < -0.3 is 4.74 Å². The maximum Gasteiger partial charge on any atom is 0.306 e. The number of ketones is 1. The van der Waals surface area contributed by atoms with Crippen LogP contribution in [0.5, 0.6) is 0 Å². The van der Waals surface area contributed by atoms with Gasteiger partial charge in [0.2, 0.25) is 0 Å². The molecule has 1 N–H and O–H groups in total. The van der Waals surface area contributed by atoms with Crippen LogP contribution in [-0.4, -0.2) is 35.6 Å². The number of rotatable bonds is 1. The van der Waals surface area contributed by atoms with Crippen LogP contribution in [0.25, 0.3) is 0 Å². The summed E-state index contributed by atoms with van der Waals surface area (Å²) in [7, 11) is -4.26. The molecule has 1 saturated heterocycles. The van der Waals surface area contributed by atoms with Crippen molar-refractivity contribution in [3.63, 3.8) is 0 Å². The highest BCUT2D eigenvalue weighted by molar-refractivity contribution is 7.86. The molecular formula is C22H30O6S. The minimum Gasteiger partial charge on any atom is -0.458 e. The van der Waals surface area contributed by atoms with E-state index in [-0.39, 0.29) is 46.8 Å². The van der Waals surface area contributed by atoms with Crippen molar-refractivity contribution < 1.29 is 27.3 Å². The fourth-order valence-corrected chi connectivity index (χ4v) is 9.27. The standard InChI is InChI=1S/C22H30O6S/c1-20-7-3-14(23)11-13(20)12-17(29(25,26)27)19-15(20)4-8-21(2)16(19)5-9-22(21)10-6-18(24)28-22/h11,15-17,19H,3-10,12H2,1-2H3,(H,25,26,27)/t15-,16-,17+,19+,20+,21+,22+/m0/s1.